The Morgan fingerprint density at radius 2 is 1.73 bits per heavy atom. The molecule has 1 aromatic carbocycles. The highest BCUT2D eigenvalue weighted by Gasteiger charge is 2.08. The van der Waals surface area contributed by atoms with Gasteiger partial charge in [0.05, 0.1) is 0 Å². The molecule has 0 heterocycles. The number of aryl methyl sites for hydroxylation is 1. The molecule has 2 heteroatoms. The summed E-state index contributed by atoms with van der Waals surface area (Å²) in [5.74, 6) is 0.741. The van der Waals surface area contributed by atoms with Crippen molar-refractivity contribution >= 4 is 12.4 Å². The Bertz CT molecular complexity index is 284. The minimum Gasteiger partial charge on any atom is -0.324 e. The van der Waals surface area contributed by atoms with Gasteiger partial charge in [-0.3, -0.25) is 0 Å². The summed E-state index contributed by atoms with van der Waals surface area (Å²) in [6, 6.07) is 8.61. The zero-order valence-electron chi connectivity index (χ0n) is 9.86. The molecule has 0 aliphatic carbocycles. The molecule has 0 radical (unpaired) electrons. The first kappa shape index (κ1) is 14.5. The van der Waals surface area contributed by atoms with Gasteiger partial charge >= 0.3 is 0 Å². The highest BCUT2D eigenvalue weighted by atomic mass is 35.5. The number of rotatable bonds is 4. The first-order valence-corrected chi connectivity index (χ1v) is 5.42. The van der Waals surface area contributed by atoms with Crippen molar-refractivity contribution in [2.75, 3.05) is 0 Å². The van der Waals surface area contributed by atoms with E-state index in [0.717, 1.165) is 12.3 Å². The summed E-state index contributed by atoms with van der Waals surface area (Å²) >= 11 is 0. The topological polar surface area (TPSA) is 26.0 Å². The maximum Gasteiger partial charge on any atom is 0.0297 e. The number of halogens is 1. The summed E-state index contributed by atoms with van der Waals surface area (Å²) in [6.07, 6.45) is 2.29. The highest BCUT2D eigenvalue weighted by molar-refractivity contribution is 5.85. The van der Waals surface area contributed by atoms with E-state index in [1.54, 1.807) is 0 Å². The first-order valence-electron chi connectivity index (χ1n) is 5.42. The second-order valence-corrected chi connectivity index (χ2v) is 4.43. The van der Waals surface area contributed by atoms with Crippen LogP contribution in [0.3, 0.4) is 0 Å². The van der Waals surface area contributed by atoms with Gasteiger partial charge in [0, 0.05) is 6.04 Å². The average molecular weight is 228 g/mol. The molecule has 0 unspecified atom stereocenters. The van der Waals surface area contributed by atoms with Crippen LogP contribution >= 0.6 is 12.4 Å². The van der Waals surface area contributed by atoms with Gasteiger partial charge in [0.2, 0.25) is 0 Å². The van der Waals surface area contributed by atoms with E-state index >= 15 is 0 Å². The molecule has 0 amide bonds. The summed E-state index contributed by atoms with van der Waals surface area (Å²) in [7, 11) is 0. The first-order chi connectivity index (χ1) is 6.61. The molecule has 0 saturated carbocycles. The molecule has 0 bridgehead atoms. The van der Waals surface area contributed by atoms with Gasteiger partial charge in [-0.05, 0) is 36.8 Å². The average Bonchev–Trinajstić information content (AvgIpc) is 2.15. The van der Waals surface area contributed by atoms with Crippen molar-refractivity contribution in [2.24, 2.45) is 11.7 Å². The van der Waals surface area contributed by atoms with Crippen LogP contribution in [-0.4, -0.2) is 0 Å². The Labute approximate surface area is 99.5 Å². The molecule has 0 aromatic heterocycles. The van der Waals surface area contributed by atoms with E-state index in [0.29, 0.717) is 0 Å². The van der Waals surface area contributed by atoms with Crippen LogP contribution in [0.25, 0.3) is 0 Å². The molecule has 0 spiro atoms. The maximum absolute atomic E-state index is 6.14. The lowest BCUT2D eigenvalue weighted by atomic mass is 9.95. The molecule has 0 aliphatic heterocycles. The molecular formula is C13H22ClN. The Balaban J connectivity index is 0.00000196. The van der Waals surface area contributed by atoms with E-state index in [-0.39, 0.29) is 18.4 Å². The SMILES string of the molecule is Cc1ccccc1[C@@H](N)CCC(C)C.Cl. The van der Waals surface area contributed by atoms with Crippen LogP contribution < -0.4 is 5.73 Å². The van der Waals surface area contributed by atoms with E-state index in [9.17, 15) is 0 Å². The Hall–Kier alpha value is -0.530. The molecule has 1 atom stereocenters. The lowest BCUT2D eigenvalue weighted by molar-refractivity contribution is 0.506. The monoisotopic (exact) mass is 227 g/mol. The van der Waals surface area contributed by atoms with E-state index in [2.05, 4.69) is 45.0 Å². The van der Waals surface area contributed by atoms with Gasteiger partial charge in [0.15, 0.2) is 0 Å². The summed E-state index contributed by atoms with van der Waals surface area (Å²) in [4.78, 5) is 0. The number of hydrogen-bond donors (Lipinski definition) is 1. The molecule has 15 heavy (non-hydrogen) atoms. The van der Waals surface area contributed by atoms with E-state index < -0.39 is 0 Å². The number of benzene rings is 1. The van der Waals surface area contributed by atoms with E-state index in [1.807, 2.05) is 0 Å². The fourth-order valence-corrected chi connectivity index (χ4v) is 1.67. The zero-order valence-corrected chi connectivity index (χ0v) is 10.7. The van der Waals surface area contributed by atoms with Gasteiger partial charge in [-0.25, -0.2) is 0 Å². The minimum absolute atomic E-state index is 0. The summed E-state index contributed by atoms with van der Waals surface area (Å²) < 4.78 is 0. The molecular weight excluding hydrogens is 206 g/mol. The Kier molecular flexibility index (Phi) is 6.62. The maximum atomic E-state index is 6.14. The van der Waals surface area contributed by atoms with Crippen LogP contribution in [0, 0.1) is 12.8 Å². The smallest absolute Gasteiger partial charge is 0.0297 e. The van der Waals surface area contributed by atoms with Crippen molar-refractivity contribution in [1.82, 2.24) is 0 Å². The Morgan fingerprint density at radius 3 is 2.27 bits per heavy atom. The highest BCUT2D eigenvalue weighted by Crippen LogP contribution is 2.21. The summed E-state index contributed by atoms with van der Waals surface area (Å²) in [5, 5.41) is 0. The molecule has 0 aliphatic rings. The predicted octanol–water partition coefficient (Wildman–Crippen LogP) is 3.85. The van der Waals surface area contributed by atoms with E-state index in [1.165, 1.54) is 17.5 Å². The molecule has 1 rings (SSSR count). The van der Waals surface area contributed by atoms with Gasteiger partial charge in [-0.2, -0.15) is 0 Å². The predicted molar refractivity (Wildman–Crippen MR) is 69.4 cm³/mol. The lowest BCUT2D eigenvalue weighted by Gasteiger charge is -2.15. The fraction of sp³-hybridized carbons (Fsp3) is 0.538. The van der Waals surface area contributed by atoms with Crippen molar-refractivity contribution in [3.05, 3.63) is 35.4 Å². The zero-order chi connectivity index (χ0) is 10.6. The quantitative estimate of drug-likeness (QED) is 0.831. The second-order valence-electron chi connectivity index (χ2n) is 4.43. The van der Waals surface area contributed by atoms with Gasteiger partial charge in [-0.1, -0.05) is 38.1 Å². The Morgan fingerprint density at radius 1 is 1.13 bits per heavy atom. The summed E-state index contributed by atoms with van der Waals surface area (Å²) in [6.45, 7) is 6.61. The van der Waals surface area contributed by atoms with Crippen molar-refractivity contribution in [1.29, 1.82) is 0 Å². The van der Waals surface area contributed by atoms with Gasteiger partial charge in [0.1, 0.15) is 0 Å². The lowest BCUT2D eigenvalue weighted by Crippen LogP contribution is -2.12. The third-order valence-corrected chi connectivity index (χ3v) is 2.64. The summed E-state index contributed by atoms with van der Waals surface area (Å²) in [5.41, 5.74) is 8.75. The largest absolute Gasteiger partial charge is 0.324 e. The number of hydrogen-bond acceptors (Lipinski definition) is 1. The van der Waals surface area contributed by atoms with Crippen LogP contribution in [0.4, 0.5) is 0 Å². The van der Waals surface area contributed by atoms with Gasteiger partial charge in [0.25, 0.3) is 0 Å². The molecule has 2 N–H and O–H groups in total. The van der Waals surface area contributed by atoms with Crippen LogP contribution in [-0.2, 0) is 0 Å². The van der Waals surface area contributed by atoms with Crippen molar-refractivity contribution in [3.8, 4) is 0 Å². The number of nitrogens with two attached hydrogens (primary N) is 1. The minimum atomic E-state index is 0. The van der Waals surface area contributed by atoms with Gasteiger partial charge < -0.3 is 5.73 Å². The van der Waals surface area contributed by atoms with E-state index in [4.69, 9.17) is 5.73 Å². The standard InChI is InChI=1S/C13H21N.ClH/c1-10(2)8-9-13(14)12-7-5-4-6-11(12)3;/h4-7,10,13H,8-9,14H2,1-3H3;1H/t13-;/m0./s1. The van der Waals surface area contributed by atoms with Crippen molar-refractivity contribution < 1.29 is 0 Å². The molecule has 1 aromatic rings. The van der Waals surface area contributed by atoms with Crippen molar-refractivity contribution in [2.45, 2.75) is 39.7 Å². The molecule has 1 nitrogen and oxygen atoms in total. The molecule has 86 valence electrons. The second kappa shape index (κ2) is 6.86. The van der Waals surface area contributed by atoms with Crippen molar-refractivity contribution in [3.63, 3.8) is 0 Å². The van der Waals surface area contributed by atoms with Gasteiger partial charge in [-0.15, -0.1) is 12.4 Å². The molecule has 0 fully saturated rings. The third kappa shape index (κ3) is 4.67. The fourth-order valence-electron chi connectivity index (χ4n) is 1.67. The third-order valence-electron chi connectivity index (χ3n) is 2.64. The van der Waals surface area contributed by atoms with Crippen LogP contribution in [0.1, 0.15) is 43.9 Å². The molecule has 0 saturated heterocycles. The normalized spacial score (nSPS) is 12.3. The van der Waals surface area contributed by atoms with Crippen LogP contribution in [0.15, 0.2) is 24.3 Å². The van der Waals surface area contributed by atoms with Crippen LogP contribution in [0.2, 0.25) is 0 Å². The van der Waals surface area contributed by atoms with Crippen LogP contribution in [0.5, 0.6) is 0 Å².